The maximum absolute atomic E-state index is 5.57. The van der Waals surface area contributed by atoms with Crippen molar-refractivity contribution in [3.63, 3.8) is 0 Å². The summed E-state index contributed by atoms with van der Waals surface area (Å²) in [5, 5.41) is 4.86. The van der Waals surface area contributed by atoms with Crippen molar-refractivity contribution in [2.75, 3.05) is 13.7 Å². The van der Waals surface area contributed by atoms with Crippen molar-refractivity contribution >= 4 is 10.9 Å². The van der Waals surface area contributed by atoms with Crippen molar-refractivity contribution in [1.82, 2.24) is 9.88 Å². The summed E-state index contributed by atoms with van der Waals surface area (Å²) in [4.78, 5) is 0. The second kappa shape index (κ2) is 5.25. The molecule has 3 heteroatoms. The summed E-state index contributed by atoms with van der Waals surface area (Å²) in [5.74, 6) is 1.02. The largest absolute Gasteiger partial charge is 0.496 e. The van der Waals surface area contributed by atoms with Crippen molar-refractivity contribution < 1.29 is 4.74 Å². The Morgan fingerprint density at radius 3 is 3.00 bits per heavy atom. The SMILES string of the molecule is COc1cc2ccn(C)c2cc1CC1CCCCN1. The Bertz CT molecular complexity index is 567. The average Bonchev–Trinajstić information content (AvgIpc) is 2.80. The molecule has 0 bridgehead atoms. The lowest BCUT2D eigenvalue weighted by molar-refractivity contribution is 0.382. The summed E-state index contributed by atoms with van der Waals surface area (Å²) in [5.41, 5.74) is 2.60. The van der Waals surface area contributed by atoms with Crippen LogP contribution in [0.15, 0.2) is 24.4 Å². The average molecular weight is 258 g/mol. The van der Waals surface area contributed by atoms with Crippen molar-refractivity contribution in [1.29, 1.82) is 0 Å². The number of benzene rings is 1. The predicted molar refractivity (Wildman–Crippen MR) is 78.8 cm³/mol. The topological polar surface area (TPSA) is 26.2 Å². The highest BCUT2D eigenvalue weighted by Gasteiger charge is 2.16. The lowest BCUT2D eigenvalue weighted by atomic mass is 9.96. The Morgan fingerprint density at radius 1 is 1.37 bits per heavy atom. The number of aryl methyl sites for hydroxylation is 1. The van der Waals surface area contributed by atoms with E-state index in [9.17, 15) is 0 Å². The summed E-state index contributed by atoms with van der Waals surface area (Å²) in [6, 6.07) is 7.18. The van der Waals surface area contributed by atoms with E-state index in [0.29, 0.717) is 6.04 Å². The van der Waals surface area contributed by atoms with Gasteiger partial charge in [0.2, 0.25) is 0 Å². The third-order valence-electron chi connectivity index (χ3n) is 4.17. The number of piperidine rings is 1. The normalized spacial score (nSPS) is 19.8. The van der Waals surface area contributed by atoms with Crippen LogP contribution >= 0.6 is 0 Å². The fourth-order valence-corrected chi connectivity index (χ4v) is 3.05. The van der Waals surface area contributed by atoms with Crippen LogP contribution in [-0.4, -0.2) is 24.3 Å². The number of aromatic nitrogens is 1. The molecule has 19 heavy (non-hydrogen) atoms. The van der Waals surface area contributed by atoms with Crippen molar-refractivity contribution in [3.05, 3.63) is 30.0 Å². The van der Waals surface area contributed by atoms with E-state index >= 15 is 0 Å². The molecule has 1 unspecified atom stereocenters. The highest BCUT2D eigenvalue weighted by atomic mass is 16.5. The van der Waals surface area contributed by atoms with Gasteiger partial charge in [-0.3, -0.25) is 0 Å². The number of ether oxygens (including phenoxy) is 1. The van der Waals surface area contributed by atoms with Gasteiger partial charge < -0.3 is 14.6 Å². The summed E-state index contributed by atoms with van der Waals surface area (Å²) >= 11 is 0. The molecule has 3 nitrogen and oxygen atoms in total. The lowest BCUT2D eigenvalue weighted by Gasteiger charge is -2.24. The number of methoxy groups -OCH3 is 1. The van der Waals surface area contributed by atoms with Crippen LogP contribution in [0.2, 0.25) is 0 Å². The van der Waals surface area contributed by atoms with Gasteiger partial charge in [-0.2, -0.15) is 0 Å². The van der Waals surface area contributed by atoms with Gasteiger partial charge in [-0.15, -0.1) is 0 Å². The van der Waals surface area contributed by atoms with Gasteiger partial charge in [0.1, 0.15) is 5.75 Å². The Morgan fingerprint density at radius 2 is 2.26 bits per heavy atom. The molecular formula is C16H22N2O. The van der Waals surface area contributed by atoms with Crippen molar-refractivity contribution in [2.24, 2.45) is 7.05 Å². The Labute approximate surface area is 114 Å². The van der Waals surface area contributed by atoms with Crippen molar-refractivity contribution in [2.45, 2.75) is 31.7 Å². The minimum absolute atomic E-state index is 0.598. The molecule has 1 aliphatic rings. The fraction of sp³-hybridized carbons (Fsp3) is 0.500. The second-order valence-electron chi connectivity index (χ2n) is 5.50. The first-order chi connectivity index (χ1) is 9.28. The number of nitrogens with zero attached hydrogens (tertiary/aromatic N) is 1. The van der Waals surface area contributed by atoms with Crippen molar-refractivity contribution in [3.8, 4) is 5.75 Å². The quantitative estimate of drug-likeness (QED) is 0.916. The van der Waals surface area contributed by atoms with E-state index in [1.54, 1.807) is 7.11 Å². The van der Waals surface area contributed by atoms with Gasteiger partial charge in [-0.1, -0.05) is 6.42 Å². The van der Waals surface area contributed by atoms with Crippen LogP contribution in [0.4, 0.5) is 0 Å². The molecule has 1 saturated heterocycles. The Hall–Kier alpha value is -1.48. The smallest absolute Gasteiger partial charge is 0.122 e. The maximum Gasteiger partial charge on any atom is 0.122 e. The Balaban J connectivity index is 1.93. The van der Waals surface area contributed by atoms with Gasteiger partial charge in [0, 0.05) is 30.2 Å². The minimum Gasteiger partial charge on any atom is -0.496 e. The van der Waals surface area contributed by atoms with Crippen LogP contribution in [0.25, 0.3) is 10.9 Å². The zero-order chi connectivity index (χ0) is 13.2. The number of hydrogen-bond donors (Lipinski definition) is 1. The highest BCUT2D eigenvalue weighted by molar-refractivity contribution is 5.83. The van der Waals surface area contributed by atoms with Gasteiger partial charge in [-0.25, -0.2) is 0 Å². The molecule has 1 aliphatic heterocycles. The van der Waals surface area contributed by atoms with Gasteiger partial charge in [0.05, 0.1) is 7.11 Å². The zero-order valence-corrected chi connectivity index (χ0v) is 11.8. The third kappa shape index (κ3) is 2.47. The molecule has 1 aromatic carbocycles. The lowest BCUT2D eigenvalue weighted by Crippen LogP contribution is -2.35. The monoisotopic (exact) mass is 258 g/mol. The second-order valence-corrected chi connectivity index (χ2v) is 5.50. The molecule has 2 heterocycles. The van der Waals surface area contributed by atoms with Gasteiger partial charge in [0.25, 0.3) is 0 Å². The highest BCUT2D eigenvalue weighted by Crippen LogP contribution is 2.28. The van der Waals surface area contributed by atoms with E-state index in [0.717, 1.165) is 18.7 Å². The summed E-state index contributed by atoms with van der Waals surface area (Å²) < 4.78 is 7.74. The summed E-state index contributed by atoms with van der Waals surface area (Å²) in [6.45, 7) is 1.15. The molecule has 1 fully saturated rings. The molecule has 1 N–H and O–H groups in total. The molecule has 0 radical (unpaired) electrons. The molecule has 1 atom stereocenters. The molecule has 2 aromatic rings. The molecule has 3 rings (SSSR count). The first-order valence-electron chi connectivity index (χ1n) is 7.13. The maximum atomic E-state index is 5.57. The van der Waals surface area contributed by atoms with E-state index in [1.165, 1.54) is 35.7 Å². The van der Waals surface area contributed by atoms with Crippen LogP contribution < -0.4 is 10.1 Å². The van der Waals surface area contributed by atoms with Crippen LogP contribution in [0, 0.1) is 0 Å². The molecule has 1 aromatic heterocycles. The van der Waals surface area contributed by atoms with Gasteiger partial charge in [0.15, 0.2) is 0 Å². The van der Waals surface area contributed by atoms with Crippen LogP contribution in [0.3, 0.4) is 0 Å². The molecular weight excluding hydrogens is 236 g/mol. The third-order valence-corrected chi connectivity index (χ3v) is 4.17. The minimum atomic E-state index is 0.598. The standard InChI is InChI=1S/C16H22N2O/c1-18-8-6-12-11-16(19-2)13(10-15(12)18)9-14-5-3-4-7-17-14/h6,8,10-11,14,17H,3-5,7,9H2,1-2H3. The zero-order valence-electron chi connectivity index (χ0n) is 11.8. The van der Waals surface area contributed by atoms with Gasteiger partial charge >= 0.3 is 0 Å². The van der Waals surface area contributed by atoms with Crippen LogP contribution in [-0.2, 0) is 13.5 Å². The number of nitrogens with one attached hydrogen (secondary N) is 1. The van der Waals surface area contributed by atoms with E-state index in [1.807, 2.05) is 0 Å². The first kappa shape index (κ1) is 12.5. The summed E-state index contributed by atoms with van der Waals surface area (Å²) in [7, 11) is 3.86. The predicted octanol–water partition coefficient (Wildman–Crippen LogP) is 2.87. The Kier molecular flexibility index (Phi) is 3.47. The first-order valence-corrected chi connectivity index (χ1v) is 7.13. The molecule has 0 saturated carbocycles. The van der Waals surface area contributed by atoms with Crippen LogP contribution in [0.5, 0.6) is 5.75 Å². The molecule has 102 valence electrons. The number of hydrogen-bond acceptors (Lipinski definition) is 2. The van der Waals surface area contributed by atoms with Gasteiger partial charge in [-0.05, 0) is 49.6 Å². The number of fused-ring (bicyclic) bond motifs is 1. The molecule has 0 spiro atoms. The fourth-order valence-electron chi connectivity index (χ4n) is 3.05. The van der Waals surface area contributed by atoms with E-state index in [2.05, 4.69) is 41.3 Å². The molecule has 0 aliphatic carbocycles. The summed E-state index contributed by atoms with van der Waals surface area (Å²) in [6.07, 6.45) is 7.09. The van der Waals surface area contributed by atoms with Crippen LogP contribution in [0.1, 0.15) is 24.8 Å². The van der Waals surface area contributed by atoms with E-state index < -0.39 is 0 Å². The van der Waals surface area contributed by atoms with E-state index in [-0.39, 0.29) is 0 Å². The molecule has 0 amide bonds. The van der Waals surface area contributed by atoms with E-state index in [4.69, 9.17) is 4.74 Å². The number of rotatable bonds is 3.